The number of carbonyl (C=O) groups is 5. The Morgan fingerprint density at radius 1 is 0.518 bits per heavy atom. The van der Waals surface area contributed by atoms with Crippen molar-refractivity contribution in [1.29, 1.82) is 5.53 Å². The molecule has 12 aromatic rings. The Hall–Kier alpha value is -13.5. The van der Waals surface area contributed by atoms with Gasteiger partial charge in [-0.25, -0.2) is 34.7 Å². The van der Waals surface area contributed by atoms with E-state index in [-0.39, 0.29) is 37.7 Å². The Kier molecular flexibility index (Phi) is 25.7. The number of nitrogens with two attached hydrogens (primary N) is 4. The van der Waals surface area contributed by atoms with Gasteiger partial charge in [0.15, 0.2) is 17.5 Å². The van der Waals surface area contributed by atoms with Gasteiger partial charge in [-0.1, -0.05) is 59.2 Å². The SMILES string of the molecule is CC(C)(C)OC(=O)CCC(=O)O.CC(C)(C)OC(=O)NCC(=O)N1Cc2c(n(-c3ccc(Oc4ccccc4)cc3)c3c(N)ncnc23)C1.N=NN=NCl.NCC(=O)N1CCc2c(c3ncnc(N)c3n2-c2ccc(Oc3ccccc3)cc2)C1.Nc1ncnc2c3c(n(-c4ccc(Oc5ccccc5)cc4)c12)CCNC3. The van der Waals surface area contributed by atoms with Crippen molar-refractivity contribution in [2.24, 2.45) is 20.8 Å². The Labute approximate surface area is 648 Å². The molecule has 15 rings (SSSR count). The number of benzene rings is 6. The minimum Gasteiger partial charge on any atom is -0.481 e. The number of carboxylic acid groups (broad SMARTS) is 1. The number of ether oxygens (including phenoxy) is 5. The summed E-state index contributed by atoms with van der Waals surface area (Å²) in [6, 6.07) is 52.4. The zero-order chi connectivity index (χ0) is 79.6. The molecule has 0 unspecified atom stereocenters. The largest absolute Gasteiger partial charge is 0.481 e. The van der Waals surface area contributed by atoms with Crippen molar-refractivity contribution in [2.45, 2.75) is 105 Å². The van der Waals surface area contributed by atoms with Gasteiger partial charge in [0, 0.05) is 84.2 Å². The molecule has 0 spiro atoms. The van der Waals surface area contributed by atoms with Crippen LogP contribution in [0.3, 0.4) is 0 Å². The standard InChI is InChI=1S/C27H28N6O4.C23H22N6O2.C21H19N5O.C8H14O4.ClHN4/c1-27(2,3)37-26(35)29-13-22(34)32-14-20-21(15-32)33(24-23(20)30-16-31-25(24)28)17-9-11-19(12-10-17)36-18-7-5-4-6-8-18;24-12-20(30)28-11-10-19-18(13-28)21-22(23(25)27-14-26-21)29(19)15-6-8-17(9-7-15)31-16-4-2-1-3-5-16;22-21-20-19(24-13-25-21)17-12-23-11-10-18(17)26(20)14-6-8-16(9-7-14)27-15-4-2-1-3-5-15;1-8(2,3)12-7(11)5-4-6(9)10;1-3-5-4-2/h4-12,16H,13-15H2,1-3H3,(H,29,35)(H2,28,30,31);1-9,14H,10-13,24H2,(H2,25,26,27);1-9,13,23H,10-12H2,(H2,22,24,25);4-5H2,1-3H3,(H,9,10);2H. The van der Waals surface area contributed by atoms with Crippen LogP contribution in [0.25, 0.3) is 50.2 Å². The van der Waals surface area contributed by atoms with E-state index in [0.717, 1.165) is 110 Å². The van der Waals surface area contributed by atoms with Gasteiger partial charge in [0.25, 0.3) is 0 Å². The lowest BCUT2D eigenvalue weighted by molar-refractivity contribution is -0.157. The Morgan fingerprint density at radius 3 is 1.32 bits per heavy atom. The van der Waals surface area contributed by atoms with Crippen molar-refractivity contribution in [3.05, 3.63) is 217 Å². The Morgan fingerprint density at radius 2 is 0.920 bits per heavy atom. The van der Waals surface area contributed by atoms with Gasteiger partial charge >= 0.3 is 18.0 Å². The molecule has 3 amide bonds. The second kappa shape index (κ2) is 36.2. The first-order valence-electron chi connectivity index (χ1n) is 35.5. The van der Waals surface area contributed by atoms with Crippen molar-refractivity contribution in [3.63, 3.8) is 0 Å². The smallest absolute Gasteiger partial charge is 0.408 e. The molecular formula is C79H84ClN21O11. The molecule has 0 radical (unpaired) electrons. The number of alkyl carbamates (subject to hydrolysis) is 1. The molecule has 32 nitrogen and oxygen atoms in total. The van der Waals surface area contributed by atoms with Crippen LogP contribution >= 0.6 is 11.8 Å². The fourth-order valence-corrected chi connectivity index (χ4v) is 12.8. The van der Waals surface area contributed by atoms with Crippen molar-refractivity contribution in [3.8, 4) is 51.6 Å². The summed E-state index contributed by atoms with van der Waals surface area (Å²) in [4.78, 5) is 87.5. The third kappa shape index (κ3) is 19.9. The number of nitrogens with one attached hydrogen (secondary N) is 3. The topological polar surface area (TPSA) is 439 Å². The number of fused-ring (bicyclic) bond motifs is 9. The molecule has 578 valence electrons. The number of esters is 1. The lowest BCUT2D eigenvalue weighted by atomic mass is 10.1. The second-order valence-corrected chi connectivity index (χ2v) is 27.6. The minimum atomic E-state index is -0.985. The molecule has 0 atom stereocenters. The van der Waals surface area contributed by atoms with E-state index >= 15 is 0 Å². The lowest BCUT2D eigenvalue weighted by Gasteiger charge is -2.27. The van der Waals surface area contributed by atoms with E-state index in [9.17, 15) is 24.0 Å². The third-order valence-corrected chi connectivity index (χ3v) is 17.4. The maximum Gasteiger partial charge on any atom is 0.408 e. The van der Waals surface area contributed by atoms with Crippen molar-refractivity contribution in [2.75, 3.05) is 43.4 Å². The molecule has 0 bridgehead atoms. The summed E-state index contributed by atoms with van der Waals surface area (Å²) in [7, 11) is 0. The van der Waals surface area contributed by atoms with Gasteiger partial charge in [-0.3, -0.25) is 19.2 Å². The number of para-hydroxylation sites is 3. The van der Waals surface area contributed by atoms with Gasteiger partial charge in [-0.2, -0.15) is 5.53 Å². The first-order valence-corrected chi connectivity index (χ1v) is 35.8. The number of hydrogen-bond acceptors (Lipinski definition) is 23. The van der Waals surface area contributed by atoms with Crippen LogP contribution in [0.5, 0.6) is 34.5 Å². The highest BCUT2D eigenvalue weighted by molar-refractivity contribution is 6.13. The van der Waals surface area contributed by atoms with Crippen molar-refractivity contribution in [1.82, 2.24) is 64.0 Å². The second-order valence-electron chi connectivity index (χ2n) is 27.4. The molecule has 112 heavy (non-hydrogen) atoms. The van der Waals surface area contributed by atoms with Gasteiger partial charge in [-0.15, -0.1) is 0 Å². The average molecular weight is 1540 g/mol. The van der Waals surface area contributed by atoms with E-state index in [1.807, 2.05) is 168 Å². The molecule has 3 aliphatic heterocycles. The van der Waals surface area contributed by atoms with E-state index < -0.39 is 29.2 Å². The summed E-state index contributed by atoms with van der Waals surface area (Å²) in [6.07, 6.45) is 5.16. The highest BCUT2D eigenvalue weighted by Crippen LogP contribution is 2.40. The number of rotatable bonds is 16. The lowest BCUT2D eigenvalue weighted by Crippen LogP contribution is -2.40. The maximum absolute atomic E-state index is 12.9. The highest BCUT2D eigenvalue weighted by Gasteiger charge is 2.34. The van der Waals surface area contributed by atoms with Gasteiger partial charge < -0.3 is 85.9 Å². The van der Waals surface area contributed by atoms with Crippen LogP contribution in [0, 0.1) is 5.53 Å². The van der Waals surface area contributed by atoms with E-state index in [0.29, 0.717) is 66.8 Å². The number of anilines is 3. The van der Waals surface area contributed by atoms with Gasteiger partial charge in [-0.05, 0) is 161 Å². The molecule has 33 heteroatoms. The van der Waals surface area contributed by atoms with Gasteiger partial charge in [0.1, 0.15) is 87.8 Å². The number of hydrogen-bond donors (Lipinski definition) is 8. The Bertz CT molecular complexity index is 5350. The number of nitrogens with zero attached hydrogens (tertiary/aromatic N) is 14. The molecular weight excluding hydrogens is 1450 g/mol. The zero-order valence-electron chi connectivity index (χ0n) is 62.3. The molecule has 9 heterocycles. The summed E-state index contributed by atoms with van der Waals surface area (Å²) in [5, 5.41) is 19.3. The molecule has 3 aliphatic rings. The number of amides is 3. The Balaban J connectivity index is 0.000000152. The van der Waals surface area contributed by atoms with E-state index in [1.54, 1.807) is 51.3 Å². The summed E-state index contributed by atoms with van der Waals surface area (Å²) < 4.78 is 36.7. The number of carbonyl (C=O) groups excluding carboxylic acids is 4. The normalized spacial score (nSPS) is 12.8. The summed E-state index contributed by atoms with van der Waals surface area (Å²) in [6.45, 7) is 13.8. The maximum atomic E-state index is 12.9. The minimum absolute atomic E-state index is 0.00598. The average Bonchev–Trinajstić information content (AvgIpc) is 1.64. The van der Waals surface area contributed by atoms with E-state index in [2.05, 4.69) is 76.5 Å². The van der Waals surface area contributed by atoms with Crippen LogP contribution in [0.1, 0.15) is 88.2 Å². The van der Waals surface area contributed by atoms with Crippen LogP contribution in [0.2, 0.25) is 0 Å². The first-order chi connectivity index (χ1) is 53.9. The van der Waals surface area contributed by atoms with Crippen LogP contribution in [-0.2, 0) is 67.7 Å². The quantitative estimate of drug-likeness (QED) is 0.0253. The summed E-state index contributed by atoms with van der Waals surface area (Å²) in [5.74, 6) is 4.07. The van der Waals surface area contributed by atoms with Gasteiger partial charge in [0.2, 0.25) is 11.8 Å². The van der Waals surface area contributed by atoms with E-state index in [4.69, 9.17) is 57.3 Å². The number of halogens is 1. The number of aromatic nitrogens is 9. The van der Waals surface area contributed by atoms with Crippen molar-refractivity contribution >= 4 is 92.2 Å². The predicted molar refractivity (Wildman–Crippen MR) is 420 cm³/mol. The van der Waals surface area contributed by atoms with Crippen molar-refractivity contribution < 1.29 is 52.8 Å². The third-order valence-electron chi connectivity index (χ3n) is 17.4. The fourth-order valence-electron chi connectivity index (χ4n) is 12.7. The molecule has 0 saturated heterocycles. The van der Waals surface area contributed by atoms with Crippen LogP contribution < -0.4 is 47.8 Å². The monoisotopic (exact) mass is 1540 g/mol. The summed E-state index contributed by atoms with van der Waals surface area (Å²) >= 11 is 4.55. The number of aliphatic carboxylic acids is 1. The number of carboxylic acids is 1. The summed E-state index contributed by atoms with van der Waals surface area (Å²) in [5.41, 5.74) is 42.9. The first kappa shape index (κ1) is 79.6. The molecule has 12 N–H and O–H groups in total. The predicted octanol–water partition coefficient (Wildman–Crippen LogP) is 13.0. The molecule has 6 aromatic heterocycles. The molecule has 0 fully saturated rings. The van der Waals surface area contributed by atoms with Crippen LogP contribution in [0.4, 0.5) is 22.2 Å². The van der Waals surface area contributed by atoms with Crippen LogP contribution in [-0.4, -0.2) is 126 Å². The van der Waals surface area contributed by atoms with Gasteiger partial charge in [0.05, 0.1) is 66.5 Å². The fraction of sp³-hybridized carbons (Fsp3) is 0.253. The van der Waals surface area contributed by atoms with E-state index in [1.165, 1.54) is 30.2 Å². The highest BCUT2D eigenvalue weighted by atomic mass is 35.5. The zero-order valence-corrected chi connectivity index (χ0v) is 63.0. The molecule has 0 saturated carbocycles. The molecule has 0 aliphatic carbocycles. The van der Waals surface area contributed by atoms with Crippen LogP contribution in [0.15, 0.2) is 198 Å². The number of nitrogen functional groups attached to an aromatic ring is 3. The molecule has 6 aromatic carbocycles.